The smallest absolute Gasteiger partial charge is 0.255 e. The van der Waals surface area contributed by atoms with Gasteiger partial charge in [0.15, 0.2) is 0 Å². The summed E-state index contributed by atoms with van der Waals surface area (Å²) >= 11 is 0. The lowest BCUT2D eigenvalue weighted by molar-refractivity contribution is 0.0858. The number of hydrogen-bond donors (Lipinski definition) is 2. The first kappa shape index (κ1) is 19.8. The minimum atomic E-state index is -0.261. The highest BCUT2D eigenvalue weighted by atomic mass is 16.5. The second kappa shape index (κ2) is 9.37. The number of carbonyl (C=O) groups is 2. The Hall–Kier alpha value is -3.45. The molecule has 1 saturated heterocycles. The van der Waals surface area contributed by atoms with E-state index in [9.17, 15) is 9.59 Å². The molecule has 30 heavy (non-hydrogen) atoms. The number of ether oxygens (including phenoxy) is 1. The zero-order chi connectivity index (χ0) is 20.8. The van der Waals surface area contributed by atoms with Crippen molar-refractivity contribution < 1.29 is 14.3 Å². The van der Waals surface area contributed by atoms with E-state index >= 15 is 0 Å². The molecule has 1 aliphatic rings. The second-order valence-electron chi connectivity index (χ2n) is 7.28. The van der Waals surface area contributed by atoms with Crippen LogP contribution in [0.15, 0.2) is 67.3 Å². The second-order valence-corrected chi connectivity index (χ2v) is 7.28. The van der Waals surface area contributed by atoms with E-state index in [1.54, 1.807) is 48.9 Å². The largest absolute Gasteiger partial charge is 0.376 e. The molecule has 0 radical (unpaired) electrons. The number of carbonyl (C=O) groups excluding carboxylic acids is 2. The first-order valence-electron chi connectivity index (χ1n) is 10.0. The third-order valence-corrected chi connectivity index (χ3v) is 5.07. The summed E-state index contributed by atoms with van der Waals surface area (Å²) in [7, 11) is 0. The highest BCUT2D eigenvalue weighted by Crippen LogP contribution is 2.17. The van der Waals surface area contributed by atoms with Gasteiger partial charge < -0.3 is 19.9 Å². The molecule has 154 valence electrons. The normalized spacial score (nSPS) is 15.7. The number of nitrogens with one attached hydrogen (secondary N) is 2. The minimum absolute atomic E-state index is 0.0662. The van der Waals surface area contributed by atoms with Crippen LogP contribution in [0, 0.1) is 0 Å². The highest BCUT2D eigenvalue weighted by Gasteiger charge is 2.18. The molecule has 0 unspecified atom stereocenters. The third kappa shape index (κ3) is 4.93. The Morgan fingerprint density at radius 1 is 1.10 bits per heavy atom. The lowest BCUT2D eigenvalue weighted by Crippen LogP contribution is -2.32. The molecule has 0 saturated carbocycles. The topological polar surface area (TPSA) is 85.3 Å². The molecule has 2 amide bonds. The summed E-state index contributed by atoms with van der Waals surface area (Å²) in [6, 6.07) is 14.4. The molecule has 7 nitrogen and oxygen atoms in total. The summed E-state index contributed by atoms with van der Waals surface area (Å²) in [5.41, 5.74) is 2.51. The van der Waals surface area contributed by atoms with Gasteiger partial charge in [0.2, 0.25) is 0 Å². The van der Waals surface area contributed by atoms with E-state index in [4.69, 9.17) is 4.74 Å². The fourth-order valence-corrected chi connectivity index (χ4v) is 3.44. The average molecular weight is 404 g/mol. The molecule has 1 atom stereocenters. The van der Waals surface area contributed by atoms with Gasteiger partial charge in [-0.2, -0.15) is 0 Å². The van der Waals surface area contributed by atoms with Crippen molar-refractivity contribution in [2.75, 3.05) is 18.5 Å². The summed E-state index contributed by atoms with van der Waals surface area (Å²) in [6.45, 7) is 1.91. The molecule has 0 bridgehead atoms. The molecule has 1 fully saturated rings. The van der Waals surface area contributed by atoms with Crippen molar-refractivity contribution in [2.45, 2.75) is 25.5 Å². The molecular weight excluding hydrogens is 380 g/mol. The molecule has 4 rings (SSSR count). The van der Waals surface area contributed by atoms with Gasteiger partial charge in [-0.05, 0) is 42.7 Å². The number of imidazole rings is 1. The number of nitrogens with zero attached hydrogens (tertiary/aromatic N) is 2. The number of benzene rings is 2. The lowest BCUT2D eigenvalue weighted by atomic mass is 10.1. The van der Waals surface area contributed by atoms with Crippen molar-refractivity contribution in [3.63, 3.8) is 0 Å². The van der Waals surface area contributed by atoms with E-state index < -0.39 is 0 Å². The zero-order valence-electron chi connectivity index (χ0n) is 16.6. The van der Waals surface area contributed by atoms with Crippen molar-refractivity contribution >= 4 is 17.5 Å². The van der Waals surface area contributed by atoms with Gasteiger partial charge in [0.25, 0.3) is 11.8 Å². The van der Waals surface area contributed by atoms with Gasteiger partial charge in [-0.15, -0.1) is 0 Å². The number of amides is 2. The summed E-state index contributed by atoms with van der Waals surface area (Å²) in [5.74, 6) is -0.486. The number of hydrogen-bond acceptors (Lipinski definition) is 4. The molecular formula is C23H24N4O3. The molecule has 7 heteroatoms. The quantitative estimate of drug-likeness (QED) is 0.634. The van der Waals surface area contributed by atoms with Gasteiger partial charge in [-0.25, -0.2) is 4.98 Å². The molecule has 2 heterocycles. The van der Waals surface area contributed by atoms with Gasteiger partial charge in [-0.1, -0.05) is 24.3 Å². The van der Waals surface area contributed by atoms with Crippen LogP contribution in [0.2, 0.25) is 0 Å². The standard InChI is InChI=1S/C23H24N4O3/c28-22(18-9-7-17(8-10-18)15-27-12-11-24-16-27)26-21-6-2-1-5-20(21)23(29)25-14-19-4-3-13-30-19/h1-2,5-12,16,19H,3-4,13-15H2,(H,25,29)(H,26,28)/t19-/m0/s1. The van der Waals surface area contributed by atoms with Crippen molar-refractivity contribution in [1.82, 2.24) is 14.9 Å². The Balaban J connectivity index is 1.39. The van der Waals surface area contributed by atoms with Crippen LogP contribution in [0.3, 0.4) is 0 Å². The maximum absolute atomic E-state index is 12.7. The van der Waals surface area contributed by atoms with Crippen LogP contribution in [-0.2, 0) is 11.3 Å². The maximum atomic E-state index is 12.7. The molecule has 2 N–H and O–H groups in total. The third-order valence-electron chi connectivity index (χ3n) is 5.07. The van der Waals surface area contributed by atoms with E-state index in [0.717, 1.165) is 25.0 Å². The summed E-state index contributed by atoms with van der Waals surface area (Å²) in [5, 5.41) is 5.75. The fourth-order valence-electron chi connectivity index (χ4n) is 3.44. The molecule has 2 aromatic carbocycles. The van der Waals surface area contributed by atoms with Crippen LogP contribution in [0.4, 0.5) is 5.69 Å². The van der Waals surface area contributed by atoms with Crippen LogP contribution in [0.5, 0.6) is 0 Å². The summed E-state index contributed by atoms with van der Waals surface area (Å²) < 4.78 is 7.50. The van der Waals surface area contributed by atoms with E-state index in [-0.39, 0.29) is 17.9 Å². The summed E-state index contributed by atoms with van der Waals surface area (Å²) in [6.07, 6.45) is 7.42. The Labute approximate surface area is 175 Å². The number of anilines is 1. The van der Waals surface area contributed by atoms with Crippen LogP contribution in [-0.4, -0.2) is 40.6 Å². The van der Waals surface area contributed by atoms with Crippen molar-refractivity contribution in [2.24, 2.45) is 0 Å². The van der Waals surface area contributed by atoms with E-state index in [2.05, 4.69) is 15.6 Å². The van der Waals surface area contributed by atoms with Gasteiger partial charge in [0.1, 0.15) is 0 Å². The van der Waals surface area contributed by atoms with E-state index in [1.807, 2.05) is 22.9 Å². The van der Waals surface area contributed by atoms with E-state index in [1.165, 1.54) is 0 Å². The van der Waals surface area contributed by atoms with Crippen molar-refractivity contribution in [3.05, 3.63) is 83.9 Å². The van der Waals surface area contributed by atoms with Gasteiger partial charge >= 0.3 is 0 Å². The number of para-hydroxylation sites is 1. The van der Waals surface area contributed by atoms with Gasteiger partial charge in [-0.3, -0.25) is 9.59 Å². The van der Waals surface area contributed by atoms with Gasteiger partial charge in [0.05, 0.1) is 23.7 Å². The van der Waals surface area contributed by atoms with Crippen LogP contribution in [0.1, 0.15) is 39.1 Å². The monoisotopic (exact) mass is 404 g/mol. The zero-order valence-corrected chi connectivity index (χ0v) is 16.6. The maximum Gasteiger partial charge on any atom is 0.255 e. The van der Waals surface area contributed by atoms with E-state index in [0.29, 0.717) is 29.9 Å². The predicted molar refractivity (Wildman–Crippen MR) is 113 cm³/mol. The van der Waals surface area contributed by atoms with Gasteiger partial charge in [0, 0.05) is 37.7 Å². The van der Waals surface area contributed by atoms with Crippen LogP contribution >= 0.6 is 0 Å². The first-order valence-corrected chi connectivity index (χ1v) is 10.0. The number of rotatable bonds is 7. The Kier molecular flexibility index (Phi) is 6.20. The SMILES string of the molecule is O=C(Nc1ccccc1C(=O)NC[C@@H]1CCCO1)c1ccc(Cn2ccnc2)cc1. The van der Waals surface area contributed by atoms with Crippen molar-refractivity contribution in [3.8, 4) is 0 Å². The number of aromatic nitrogens is 2. The minimum Gasteiger partial charge on any atom is -0.376 e. The van der Waals surface area contributed by atoms with Crippen LogP contribution < -0.4 is 10.6 Å². The Bertz CT molecular complexity index is 994. The average Bonchev–Trinajstić information content (AvgIpc) is 3.47. The Morgan fingerprint density at radius 3 is 2.67 bits per heavy atom. The highest BCUT2D eigenvalue weighted by molar-refractivity contribution is 6.09. The molecule has 1 aromatic heterocycles. The van der Waals surface area contributed by atoms with Crippen molar-refractivity contribution in [1.29, 1.82) is 0 Å². The lowest BCUT2D eigenvalue weighted by Gasteiger charge is -2.14. The molecule has 0 aliphatic carbocycles. The van der Waals surface area contributed by atoms with Crippen LogP contribution in [0.25, 0.3) is 0 Å². The first-order chi connectivity index (χ1) is 14.7. The molecule has 0 spiro atoms. The summed E-state index contributed by atoms with van der Waals surface area (Å²) in [4.78, 5) is 29.3. The Morgan fingerprint density at radius 2 is 1.93 bits per heavy atom. The molecule has 1 aliphatic heterocycles. The molecule has 3 aromatic rings. The predicted octanol–water partition coefficient (Wildman–Crippen LogP) is 3.09. The fraction of sp³-hybridized carbons (Fsp3) is 0.261.